The van der Waals surface area contributed by atoms with Gasteiger partial charge in [0.1, 0.15) is 0 Å². The lowest BCUT2D eigenvalue weighted by atomic mass is 9.93. The zero-order valence-corrected chi connectivity index (χ0v) is 28.1. The monoisotopic (exact) mass is 662 g/mol. The van der Waals surface area contributed by atoms with Gasteiger partial charge in [-0.25, -0.2) is 9.97 Å². The maximum atomic E-state index is 4.87. The van der Waals surface area contributed by atoms with Crippen molar-refractivity contribution >= 4 is 43.4 Å². The Balaban J connectivity index is 1.02. The van der Waals surface area contributed by atoms with E-state index in [1.54, 1.807) is 0 Å². The third-order valence-electron chi connectivity index (χ3n) is 9.99. The minimum atomic E-state index is 0.688. The first-order chi connectivity index (χ1) is 25.7. The van der Waals surface area contributed by atoms with Crippen molar-refractivity contribution in [1.82, 2.24) is 19.9 Å². The van der Waals surface area contributed by atoms with Crippen LogP contribution < -0.4 is 0 Å². The third kappa shape index (κ3) is 5.34. The molecule has 3 aromatic heterocycles. The second-order valence-electron chi connectivity index (χ2n) is 13.2. The van der Waals surface area contributed by atoms with Crippen molar-refractivity contribution in [3.63, 3.8) is 0 Å². The van der Waals surface area contributed by atoms with E-state index in [9.17, 15) is 0 Å². The van der Waals surface area contributed by atoms with Crippen LogP contribution in [0.5, 0.6) is 0 Å². The van der Waals surface area contributed by atoms with Gasteiger partial charge in [-0.05, 0) is 97.9 Å². The molecule has 0 N–H and O–H groups in total. The van der Waals surface area contributed by atoms with Crippen LogP contribution in [-0.4, -0.2) is 19.9 Å². The van der Waals surface area contributed by atoms with Crippen LogP contribution in [0.4, 0.5) is 0 Å². The van der Waals surface area contributed by atoms with Crippen LogP contribution in [-0.2, 0) is 0 Å². The van der Waals surface area contributed by atoms with Crippen molar-refractivity contribution in [2.24, 2.45) is 0 Å². The van der Waals surface area contributed by atoms with E-state index in [1.165, 1.54) is 27.1 Å². The fraction of sp³-hybridized carbons (Fsp3) is 0. The van der Waals surface area contributed by atoms with E-state index in [4.69, 9.17) is 19.9 Å². The molecule has 0 atom stereocenters. The molecule has 0 saturated carbocycles. The lowest BCUT2D eigenvalue weighted by molar-refractivity contribution is 1.18. The summed E-state index contributed by atoms with van der Waals surface area (Å²) in [6.07, 6.45) is 7.75. The number of hydrogen-bond donors (Lipinski definition) is 0. The minimum absolute atomic E-state index is 0.688. The van der Waals surface area contributed by atoms with Gasteiger partial charge >= 0.3 is 0 Å². The van der Waals surface area contributed by atoms with Gasteiger partial charge in [-0.3, -0.25) is 9.97 Å². The van der Waals surface area contributed by atoms with Gasteiger partial charge in [0.05, 0.1) is 11.0 Å². The Bertz CT molecular complexity index is 2850. The topological polar surface area (TPSA) is 51.6 Å². The highest BCUT2D eigenvalue weighted by molar-refractivity contribution is 6.13. The molecule has 4 heteroatoms. The van der Waals surface area contributed by atoms with Gasteiger partial charge < -0.3 is 0 Å². The van der Waals surface area contributed by atoms with Gasteiger partial charge in [-0.2, -0.15) is 0 Å². The number of pyridine rings is 2. The molecule has 0 radical (unpaired) electrons. The van der Waals surface area contributed by atoms with Gasteiger partial charge in [0, 0.05) is 57.8 Å². The molecule has 0 aliphatic rings. The molecule has 0 unspecified atom stereocenters. The Morgan fingerprint density at radius 2 is 0.731 bits per heavy atom. The second kappa shape index (κ2) is 12.4. The Morgan fingerprint density at radius 1 is 0.269 bits per heavy atom. The summed E-state index contributed by atoms with van der Waals surface area (Å²) in [6, 6.07) is 55.6. The minimum Gasteiger partial charge on any atom is -0.256 e. The van der Waals surface area contributed by atoms with Crippen molar-refractivity contribution in [2.75, 3.05) is 0 Å². The summed E-state index contributed by atoms with van der Waals surface area (Å²) in [6.45, 7) is 0. The quantitative estimate of drug-likeness (QED) is 0.172. The Kier molecular flexibility index (Phi) is 7.10. The molecule has 7 aromatic carbocycles. The van der Waals surface area contributed by atoms with Crippen LogP contribution in [0.3, 0.4) is 0 Å². The molecular formula is C48H30N4. The van der Waals surface area contributed by atoms with E-state index < -0.39 is 0 Å². The number of para-hydroxylation sites is 2. The molecule has 0 aliphatic heterocycles. The number of rotatable bonds is 5. The smallest absolute Gasteiger partial charge is 0.159 e. The summed E-state index contributed by atoms with van der Waals surface area (Å²) in [7, 11) is 0. The van der Waals surface area contributed by atoms with E-state index in [0.29, 0.717) is 5.82 Å². The largest absolute Gasteiger partial charge is 0.256 e. The number of fused-ring (bicyclic) bond motifs is 5. The summed E-state index contributed by atoms with van der Waals surface area (Å²) in [5.41, 5.74) is 11.5. The van der Waals surface area contributed by atoms with Crippen molar-refractivity contribution in [3.05, 3.63) is 183 Å². The van der Waals surface area contributed by atoms with Crippen LogP contribution in [0, 0.1) is 0 Å². The van der Waals surface area contributed by atoms with E-state index in [1.807, 2.05) is 61.2 Å². The third-order valence-corrected chi connectivity index (χ3v) is 9.99. The molecule has 52 heavy (non-hydrogen) atoms. The molecule has 4 nitrogen and oxygen atoms in total. The van der Waals surface area contributed by atoms with Crippen LogP contribution in [0.1, 0.15) is 0 Å². The first-order valence-electron chi connectivity index (χ1n) is 17.4. The van der Waals surface area contributed by atoms with Crippen molar-refractivity contribution in [3.8, 4) is 55.9 Å². The van der Waals surface area contributed by atoms with Crippen molar-refractivity contribution in [1.29, 1.82) is 0 Å². The standard InChI is InChI=1S/C48H30N4/c1-4-12-42-33(9-1)26-45(44-14-6-5-13-43(42)44)31-17-19-32(20-18-31)48-51-29-41(30-52-48)38-24-36(39-21-34-10-2-7-15-46(34)49-27-39)23-37(25-38)40-22-35-11-3-8-16-47(35)50-28-40/h1-30H. The van der Waals surface area contributed by atoms with Crippen LogP contribution in [0.15, 0.2) is 183 Å². The lowest BCUT2D eigenvalue weighted by Gasteiger charge is -2.12. The van der Waals surface area contributed by atoms with Crippen molar-refractivity contribution in [2.45, 2.75) is 0 Å². The van der Waals surface area contributed by atoms with Crippen LogP contribution in [0.2, 0.25) is 0 Å². The van der Waals surface area contributed by atoms with Crippen LogP contribution >= 0.6 is 0 Å². The zero-order valence-electron chi connectivity index (χ0n) is 28.1. The Labute approximate surface area is 300 Å². The Hall–Kier alpha value is -7.04. The second-order valence-corrected chi connectivity index (χ2v) is 13.2. The van der Waals surface area contributed by atoms with Gasteiger partial charge in [0.2, 0.25) is 0 Å². The van der Waals surface area contributed by atoms with Gasteiger partial charge in [0.15, 0.2) is 5.82 Å². The van der Waals surface area contributed by atoms with Gasteiger partial charge in [0.25, 0.3) is 0 Å². The first kappa shape index (κ1) is 29.8. The number of benzene rings is 7. The molecule has 10 aromatic rings. The molecule has 0 saturated heterocycles. The molecule has 0 aliphatic carbocycles. The molecule has 3 heterocycles. The molecule has 0 spiro atoms. The summed E-state index contributed by atoms with van der Waals surface area (Å²) in [5.74, 6) is 0.688. The van der Waals surface area contributed by atoms with E-state index in [2.05, 4.69) is 121 Å². The van der Waals surface area contributed by atoms with Gasteiger partial charge in [-0.15, -0.1) is 0 Å². The van der Waals surface area contributed by atoms with Gasteiger partial charge in [-0.1, -0.05) is 109 Å². The average Bonchev–Trinajstić information content (AvgIpc) is 3.23. The molecule has 10 rings (SSSR count). The molecular weight excluding hydrogens is 633 g/mol. The summed E-state index contributed by atoms with van der Waals surface area (Å²) in [5, 5.41) is 7.22. The summed E-state index contributed by atoms with van der Waals surface area (Å²) in [4.78, 5) is 19.3. The summed E-state index contributed by atoms with van der Waals surface area (Å²) >= 11 is 0. The molecule has 0 bridgehead atoms. The average molecular weight is 663 g/mol. The van der Waals surface area contributed by atoms with Crippen LogP contribution in [0.25, 0.3) is 99.2 Å². The molecule has 0 amide bonds. The predicted molar refractivity (Wildman–Crippen MR) is 215 cm³/mol. The highest BCUT2D eigenvalue weighted by atomic mass is 14.9. The normalized spacial score (nSPS) is 11.5. The fourth-order valence-corrected chi connectivity index (χ4v) is 7.30. The SMILES string of the molecule is c1ccc2ncc(-c3cc(-c4cnc(-c5ccc(-c6cc7ccccc7c7ccccc67)cc5)nc4)cc(-c4cnc5ccccc5c4)c3)cc2c1. The lowest BCUT2D eigenvalue weighted by Crippen LogP contribution is -1.92. The predicted octanol–water partition coefficient (Wildman–Crippen LogP) is 12.2. The number of hydrogen-bond acceptors (Lipinski definition) is 4. The molecule has 0 fully saturated rings. The van der Waals surface area contributed by atoms with E-state index >= 15 is 0 Å². The molecule has 242 valence electrons. The number of aromatic nitrogens is 4. The maximum Gasteiger partial charge on any atom is 0.159 e. The fourth-order valence-electron chi connectivity index (χ4n) is 7.30. The summed E-state index contributed by atoms with van der Waals surface area (Å²) < 4.78 is 0. The Morgan fingerprint density at radius 3 is 1.35 bits per heavy atom. The number of nitrogens with zero attached hydrogens (tertiary/aromatic N) is 4. The zero-order chi connectivity index (χ0) is 34.4. The first-order valence-corrected chi connectivity index (χ1v) is 17.4. The maximum absolute atomic E-state index is 4.87. The highest BCUT2D eigenvalue weighted by Gasteiger charge is 2.13. The van der Waals surface area contributed by atoms with E-state index in [-0.39, 0.29) is 0 Å². The van der Waals surface area contributed by atoms with E-state index in [0.717, 1.165) is 66.3 Å². The highest BCUT2D eigenvalue weighted by Crippen LogP contribution is 2.37. The van der Waals surface area contributed by atoms with Crippen molar-refractivity contribution < 1.29 is 0 Å².